The van der Waals surface area contributed by atoms with Crippen LogP contribution in [0.25, 0.3) is 0 Å². The Morgan fingerprint density at radius 1 is 1.11 bits per heavy atom. The van der Waals surface area contributed by atoms with Crippen LogP contribution in [0, 0.1) is 10.8 Å². The van der Waals surface area contributed by atoms with Crippen molar-refractivity contribution in [3.05, 3.63) is 6.33 Å². The van der Waals surface area contributed by atoms with Crippen molar-refractivity contribution in [2.45, 2.75) is 33.7 Å². The average molecular weight is 250 g/mol. The minimum absolute atomic E-state index is 0.253. The Morgan fingerprint density at radius 2 is 1.67 bits per heavy atom. The quantitative estimate of drug-likeness (QED) is 0.859. The molecule has 1 saturated carbocycles. The van der Waals surface area contributed by atoms with Crippen LogP contribution >= 0.6 is 0 Å². The zero-order valence-electron chi connectivity index (χ0n) is 12.0. The molecule has 0 radical (unpaired) electrons. The van der Waals surface area contributed by atoms with Crippen LogP contribution in [0.2, 0.25) is 0 Å². The number of nitrogens with one attached hydrogen (secondary N) is 2. The highest BCUT2D eigenvalue weighted by Crippen LogP contribution is 2.64. The van der Waals surface area contributed by atoms with E-state index in [1.807, 2.05) is 7.05 Å². The number of rotatable bonds is 4. The molecule has 1 heterocycles. The molecule has 2 rings (SSSR count). The van der Waals surface area contributed by atoms with Crippen LogP contribution in [0.5, 0.6) is 5.75 Å². The van der Waals surface area contributed by atoms with Crippen LogP contribution < -0.4 is 15.4 Å². The summed E-state index contributed by atoms with van der Waals surface area (Å²) in [4.78, 5) is 8.42. The molecule has 0 spiro atoms. The second-order valence-electron chi connectivity index (χ2n) is 5.87. The molecule has 1 fully saturated rings. The minimum atomic E-state index is 0.253. The number of hydrogen-bond acceptors (Lipinski definition) is 5. The molecule has 0 atom stereocenters. The zero-order valence-corrected chi connectivity index (χ0v) is 12.0. The third-order valence-corrected chi connectivity index (χ3v) is 4.55. The molecule has 2 N–H and O–H groups in total. The van der Waals surface area contributed by atoms with Crippen LogP contribution in [0.15, 0.2) is 6.33 Å². The normalized spacial score (nSPS) is 20.3. The van der Waals surface area contributed by atoms with Gasteiger partial charge in [0.1, 0.15) is 6.33 Å². The summed E-state index contributed by atoms with van der Waals surface area (Å²) >= 11 is 0. The molecule has 0 amide bonds. The predicted octanol–water partition coefficient (Wildman–Crippen LogP) is 2.37. The maximum absolute atomic E-state index is 5.38. The number of ether oxygens (including phenoxy) is 1. The lowest BCUT2D eigenvalue weighted by Crippen LogP contribution is -2.13. The Labute approximate surface area is 108 Å². The van der Waals surface area contributed by atoms with Crippen LogP contribution in [-0.4, -0.2) is 30.2 Å². The summed E-state index contributed by atoms with van der Waals surface area (Å²) in [6, 6.07) is 0.388. The fourth-order valence-corrected chi connectivity index (χ4v) is 2.54. The van der Waals surface area contributed by atoms with Gasteiger partial charge >= 0.3 is 0 Å². The molecule has 0 aromatic carbocycles. The van der Waals surface area contributed by atoms with Gasteiger partial charge in [-0.3, -0.25) is 0 Å². The largest absolute Gasteiger partial charge is 0.490 e. The summed E-state index contributed by atoms with van der Waals surface area (Å²) < 4.78 is 5.38. The van der Waals surface area contributed by atoms with Gasteiger partial charge in [0.2, 0.25) is 5.75 Å². The van der Waals surface area contributed by atoms with Crippen molar-refractivity contribution in [3.8, 4) is 5.75 Å². The Morgan fingerprint density at radius 3 is 2.11 bits per heavy atom. The molecule has 0 unspecified atom stereocenters. The van der Waals surface area contributed by atoms with E-state index in [0.29, 0.717) is 17.6 Å². The number of hydrogen-bond donors (Lipinski definition) is 2. The summed E-state index contributed by atoms with van der Waals surface area (Å²) in [7, 11) is 3.45. The third-order valence-electron chi connectivity index (χ3n) is 4.55. The van der Waals surface area contributed by atoms with Crippen LogP contribution in [0.1, 0.15) is 27.7 Å². The standard InChI is InChI=1S/C13H22N4O/c1-12(2)11(13(12,3)4)17-10-8(18-6)9(14-5)15-7-16-10/h7,11H,1-6H3,(H2,14,15,16,17). The fourth-order valence-electron chi connectivity index (χ4n) is 2.54. The van der Waals surface area contributed by atoms with Gasteiger partial charge in [-0.2, -0.15) is 0 Å². The number of anilines is 2. The highest BCUT2D eigenvalue weighted by atomic mass is 16.5. The van der Waals surface area contributed by atoms with E-state index in [-0.39, 0.29) is 10.8 Å². The monoisotopic (exact) mass is 250 g/mol. The summed E-state index contributed by atoms with van der Waals surface area (Å²) in [5.74, 6) is 2.12. The first kappa shape index (κ1) is 12.9. The van der Waals surface area contributed by atoms with E-state index in [0.717, 1.165) is 5.82 Å². The van der Waals surface area contributed by atoms with E-state index < -0.39 is 0 Å². The van der Waals surface area contributed by atoms with Crippen LogP contribution in [0.4, 0.5) is 11.6 Å². The first-order valence-electron chi connectivity index (χ1n) is 6.19. The average Bonchev–Trinajstić information content (AvgIpc) is 2.71. The van der Waals surface area contributed by atoms with Gasteiger partial charge in [0.15, 0.2) is 11.6 Å². The summed E-state index contributed by atoms with van der Waals surface area (Å²) in [5, 5.41) is 6.48. The molecule has 5 nitrogen and oxygen atoms in total. The van der Waals surface area contributed by atoms with E-state index in [4.69, 9.17) is 4.74 Å². The summed E-state index contributed by atoms with van der Waals surface area (Å²) in [6.07, 6.45) is 1.54. The number of methoxy groups -OCH3 is 1. The molecule has 1 aromatic heterocycles. The first-order valence-corrected chi connectivity index (χ1v) is 6.19. The van der Waals surface area contributed by atoms with Crippen molar-refractivity contribution in [2.75, 3.05) is 24.8 Å². The van der Waals surface area contributed by atoms with E-state index >= 15 is 0 Å². The molecule has 1 aliphatic rings. The molecule has 1 aromatic rings. The van der Waals surface area contributed by atoms with E-state index in [9.17, 15) is 0 Å². The maximum atomic E-state index is 5.38. The van der Waals surface area contributed by atoms with Crippen LogP contribution in [0.3, 0.4) is 0 Å². The van der Waals surface area contributed by atoms with Gasteiger partial charge in [-0.25, -0.2) is 9.97 Å². The molecular formula is C13H22N4O. The molecule has 5 heteroatoms. The first-order chi connectivity index (χ1) is 8.36. The predicted molar refractivity (Wildman–Crippen MR) is 73.1 cm³/mol. The van der Waals surface area contributed by atoms with Gasteiger partial charge in [-0.15, -0.1) is 0 Å². The molecule has 0 aliphatic heterocycles. The van der Waals surface area contributed by atoms with Gasteiger partial charge in [0, 0.05) is 13.1 Å². The van der Waals surface area contributed by atoms with E-state index in [1.54, 1.807) is 13.4 Å². The highest BCUT2D eigenvalue weighted by molar-refractivity contribution is 5.64. The van der Waals surface area contributed by atoms with Crippen molar-refractivity contribution >= 4 is 11.6 Å². The van der Waals surface area contributed by atoms with Gasteiger partial charge in [-0.05, 0) is 10.8 Å². The Hall–Kier alpha value is -1.52. The number of nitrogens with zero attached hydrogens (tertiary/aromatic N) is 2. The lowest BCUT2D eigenvalue weighted by Gasteiger charge is -2.13. The zero-order chi connectivity index (χ0) is 13.6. The van der Waals surface area contributed by atoms with Crippen molar-refractivity contribution in [1.29, 1.82) is 0 Å². The fraction of sp³-hybridized carbons (Fsp3) is 0.692. The van der Waals surface area contributed by atoms with Crippen molar-refractivity contribution in [1.82, 2.24) is 9.97 Å². The van der Waals surface area contributed by atoms with Crippen molar-refractivity contribution in [3.63, 3.8) is 0 Å². The Balaban J connectivity index is 2.26. The summed E-state index contributed by atoms with van der Waals surface area (Å²) in [5.41, 5.74) is 0.505. The maximum Gasteiger partial charge on any atom is 0.204 e. The van der Waals surface area contributed by atoms with Crippen molar-refractivity contribution in [2.24, 2.45) is 10.8 Å². The van der Waals surface area contributed by atoms with Gasteiger partial charge in [-0.1, -0.05) is 27.7 Å². The van der Waals surface area contributed by atoms with Crippen LogP contribution in [-0.2, 0) is 0 Å². The van der Waals surface area contributed by atoms with Crippen molar-refractivity contribution < 1.29 is 4.74 Å². The molecule has 1 aliphatic carbocycles. The molecule has 100 valence electrons. The smallest absolute Gasteiger partial charge is 0.204 e. The van der Waals surface area contributed by atoms with Gasteiger partial charge in [0.05, 0.1) is 7.11 Å². The van der Waals surface area contributed by atoms with Gasteiger partial charge in [0.25, 0.3) is 0 Å². The number of aromatic nitrogens is 2. The Bertz CT molecular complexity index is 442. The second-order valence-corrected chi connectivity index (χ2v) is 5.87. The summed E-state index contributed by atoms with van der Waals surface area (Å²) in [6.45, 7) is 9.04. The van der Waals surface area contributed by atoms with E-state index in [2.05, 4.69) is 48.3 Å². The lowest BCUT2D eigenvalue weighted by atomic mass is 10.0. The SMILES string of the molecule is CNc1ncnc(NC2C(C)(C)C2(C)C)c1OC. The molecule has 0 bridgehead atoms. The minimum Gasteiger partial charge on any atom is -0.490 e. The molecular weight excluding hydrogens is 228 g/mol. The molecule has 18 heavy (non-hydrogen) atoms. The topological polar surface area (TPSA) is 59.1 Å². The van der Waals surface area contributed by atoms with E-state index in [1.165, 1.54) is 0 Å². The molecule has 0 saturated heterocycles. The van der Waals surface area contributed by atoms with Gasteiger partial charge < -0.3 is 15.4 Å². The highest BCUT2D eigenvalue weighted by Gasteiger charge is 2.65. The Kier molecular flexibility index (Phi) is 2.87. The third kappa shape index (κ3) is 1.69. The second kappa shape index (κ2) is 4.00. The lowest BCUT2D eigenvalue weighted by molar-refractivity contribution is 0.414.